The summed E-state index contributed by atoms with van der Waals surface area (Å²) in [7, 11) is 0. The summed E-state index contributed by atoms with van der Waals surface area (Å²) in [4.78, 5) is 25.2. The predicted octanol–water partition coefficient (Wildman–Crippen LogP) is 10.3. The van der Waals surface area contributed by atoms with Crippen LogP contribution in [-0.2, 0) is 0 Å². The van der Waals surface area contributed by atoms with Gasteiger partial charge in [0.2, 0.25) is 0 Å². The molecule has 0 heterocycles. The van der Waals surface area contributed by atoms with Crippen LogP contribution in [0.5, 0.6) is 0 Å². The van der Waals surface area contributed by atoms with Gasteiger partial charge in [0, 0.05) is 16.7 Å². The van der Waals surface area contributed by atoms with Crippen molar-refractivity contribution in [3.63, 3.8) is 0 Å². The van der Waals surface area contributed by atoms with Gasteiger partial charge in [0.15, 0.2) is 12.1 Å². The van der Waals surface area contributed by atoms with E-state index < -0.39 is 0 Å². The number of aldehydes is 1. The van der Waals surface area contributed by atoms with Gasteiger partial charge in [0.05, 0.1) is 0 Å². The Balaban J connectivity index is 1.27. The maximum absolute atomic E-state index is 13.3. The molecule has 0 fully saturated rings. The molecule has 0 unspecified atom stereocenters. The molecular formula is C40H34O2. The molecule has 42 heavy (non-hydrogen) atoms. The first-order valence-corrected chi connectivity index (χ1v) is 14.4. The molecule has 0 radical (unpaired) electrons. The van der Waals surface area contributed by atoms with Gasteiger partial charge in [-0.05, 0) is 104 Å². The number of ketones is 1. The predicted molar refractivity (Wildman–Crippen MR) is 177 cm³/mol. The second-order valence-corrected chi connectivity index (χ2v) is 12.2. The van der Waals surface area contributed by atoms with Crippen molar-refractivity contribution in [2.24, 2.45) is 5.41 Å². The molecule has 2 nitrogen and oxygen atoms in total. The van der Waals surface area contributed by atoms with Crippen LogP contribution in [-0.4, -0.2) is 12.1 Å². The Hall–Kier alpha value is -4.82. The van der Waals surface area contributed by atoms with E-state index in [0.717, 1.165) is 68.5 Å². The third-order valence-corrected chi connectivity index (χ3v) is 8.35. The van der Waals surface area contributed by atoms with E-state index in [1.807, 2.05) is 61.5 Å². The first-order chi connectivity index (χ1) is 20.2. The number of Topliss-reactive ketones (excluding diaryl/α,β-unsaturated/α-hetero) is 1. The smallest absolute Gasteiger partial charge is 0.194 e. The summed E-state index contributed by atoms with van der Waals surface area (Å²) in [6.45, 7) is 10.9. The van der Waals surface area contributed by atoms with Gasteiger partial charge in [-0.25, -0.2) is 0 Å². The van der Waals surface area contributed by atoms with E-state index in [2.05, 4.69) is 75.1 Å². The molecular weight excluding hydrogens is 512 g/mol. The van der Waals surface area contributed by atoms with Crippen LogP contribution in [0.1, 0.15) is 65.5 Å². The van der Waals surface area contributed by atoms with Crippen LogP contribution in [0.15, 0.2) is 133 Å². The first kappa shape index (κ1) is 27.4. The first-order valence-electron chi connectivity index (χ1n) is 14.4. The molecule has 0 atom stereocenters. The highest BCUT2D eigenvalue weighted by molar-refractivity contribution is 6.27. The highest BCUT2D eigenvalue weighted by Gasteiger charge is 2.29. The van der Waals surface area contributed by atoms with Crippen LogP contribution >= 0.6 is 0 Å². The van der Waals surface area contributed by atoms with E-state index in [1.165, 1.54) is 11.1 Å². The van der Waals surface area contributed by atoms with Gasteiger partial charge in [-0.15, -0.1) is 0 Å². The van der Waals surface area contributed by atoms with Crippen molar-refractivity contribution >= 4 is 44.8 Å². The number of carbonyl (C=O) groups excluding carboxylic acids is 2. The third-order valence-electron chi connectivity index (χ3n) is 8.35. The lowest BCUT2D eigenvalue weighted by Gasteiger charge is -2.30. The van der Waals surface area contributed by atoms with Gasteiger partial charge < -0.3 is 0 Å². The average molecular weight is 547 g/mol. The molecule has 2 aliphatic rings. The normalized spacial score (nSPS) is 18.8. The maximum atomic E-state index is 13.3. The van der Waals surface area contributed by atoms with Gasteiger partial charge in [0.25, 0.3) is 0 Å². The quantitative estimate of drug-likeness (QED) is 0.142. The van der Waals surface area contributed by atoms with Crippen molar-refractivity contribution in [3.8, 4) is 0 Å². The zero-order chi connectivity index (χ0) is 29.4. The molecule has 6 rings (SSSR count). The summed E-state index contributed by atoms with van der Waals surface area (Å²) in [6, 6.07) is 24.4. The summed E-state index contributed by atoms with van der Waals surface area (Å²) >= 11 is 0. The van der Waals surface area contributed by atoms with Crippen molar-refractivity contribution in [1.82, 2.24) is 0 Å². The summed E-state index contributed by atoms with van der Waals surface area (Å²) in [5.74, 6) is 0.0424. The van der Waals surface area contributed by atoms with E-state index in [-0.39, 0.29) is 11.2 Å². The molecule has 0 saturated carbocycles. The lowest BCUT2D eigenvalue weighted by Crippen LogP contribution is -2.16. The largest absolute Gasteiger partial charge is 0.298 e. The van der Waals surface area contributed by atoms with Crippen LogP contribution in [0.2, 0.25) is 0 Å². The Bertz CT molecular complexity index is 1900. The van der Waals surface area contributed by atoms with E-state index in [0.29, 0.717) is 11.1 Å². The fraction of sp³-hybridized carbons (Fsp3) is 0.150. The molecule has 2 heteroatoms. The molecule has 0 aromatic heterocycles. The monoisotopic (exact) mass is 546 g/mol. The van der Waals surface area contributed by atoms with E-state index >= 15 is 0 Å². The number of benzene rings is 4. The van der Waals surface area contributed by atoms with Crippen LogP contribution in [0.25, 0.3) is 32.7 Å². The Morgan fingerprint density at radius 3 is 2.12 bits per heavy atom. The summed E-state index contributed by atoms with van der Waals surface area (Å²) in [5, 5.41) is 4.37. The minimum absolute atomic E-state index is 0.0424. The van der Waals surface area contributed by atoms with Gasteiger partial charge in [0.1, 0.15) is 0 Å². The Morgan fingerprint density at radius 2 is 1.45 bits per heavy atom. The molecule has 2 aliphatic carbocycles. The minimum atomic E-state index is 0.0424. The average Bonchev–Trinajstić information content (AvgIpc) is 3.21. The van der Waals surface area contributed by atoms with E-state index in [1.54, 1.807) is 0 Å². The number of allylic oxidation sites excluding steroid dienone is 11. The molecule has 4 aromatic rings. The number of hydrogen-bond acceptors (Lipinski definition) is 2. The molecule has 0 aliphatic heterocycles. The lowest BCUT2D eigenvalue weighted by atomic mass is 9.75. The lowest BCUT2D eigenvalue weighted by molar-refractivity contribution is 0.104. The van der Waals surface area contributed by atoms with Crippen molar-refractivity contribution in [2.75, 3.05) is 0 Å². The van der Waals surface area contributed by atoms with Gasteiger partial charge in [-0.2, -0.15) is 0 Å². The zero-order valence-corrected chi connectivity index (χ0v) is 24.4. The minimum Gasteiger partial charge on any atom is -0.298 e. The molecule has 0 saturated heterocycles. The molecule has 0 N–H and O–H groups in total. The molecule has 206 valence electrons. The van der Waals surface area contributed by atoms with E-state index in [9.17, 15) is 9.59 Å². The van der Waals surface area contributed by atoms with Crippen molar-refractivity contribution in [2.45, 2.75) is 33.6 Å². The molecule has 0 bridgehead atoms. The SMILES string of the molecule is C=C1/C(=C/C=C2C=C(/C=C/C=C(\C)c3cc4ccccc4cc3C=O)CC(C)(C)C/2)C(=O)c2cc3ccccc3cc21. The second-order valence-electron chi connectivity index (χ2n) is 12.2. The van der Waals surface area contributed by atoms with Gasteiger partial charge in [-0.1, -0.05) is 105 Å². The van der Waals surface area contributed by atoms with Gasteiger partial charge in [-0.3, -0.25) is 9.59 Å². The fourth-order valence-corrected chi connectivity index (χ4v) is 6.30. The Kier molecular flexibility index (Phi) is 7.08. The van der Waals surface area contributed by atoms with Crippen molar-refractivity contribution in [1.29, 1.82) is 0 Å². The summed E-state index contributed by atoms with van der Waals surface area (Å²) in [6.07, 6.45) is 15.4. The Morgan fingerprint density at radius 1 is 0.833 bits per heavy atom. The zero-order valence-electron chi connectivity index (χ0n) is 24.4. The van der Waals surface area contributed by atoms with Crippen molar-refractivity contribution < 1.29 is 9.59 Å². The van der Waals surface area contributed by atoms with E-state index in [4.69, 9.17) is 0 Å². The van der Waals surface area contributed by atoms with Crippen LogP contribution < -0.4 is 0 Å². The van der Waals surface area contributed by atoms with Crippen molar-refractivity contribution in [3.05, 3.63) is 155 Å². The molecule has 0 spiro atoms. The third kappa shape index (κ3) is 5.29. The molecule has 0 amide bonds. The number of carbonyl (C=O) groups is 2. The summed E-state index contributed by atoms with van der Waals surface area (Å²) < 4.78 is 0. The number of rotatable bonds is 5. The maximum Gasteiger partial charge on any atom is 0.194 e. The standard InChI is InChI=1S/C40H34O2/c1-26(36-20-31-13-6-5-12-30(31)19-34(36)25-41)10-9-11-28-18-29(24-40(3,4)23-28)16-17-35-27(2)37-21-32-14-7-8-15-33(32)22-38(37)39(35)42/h5-22,25H,2,23-24H2,1,3-4H3/b11-9+,26-10+,29-16-,35-17-. The van der Waals surface area contributed by atoms with Crippen LogP contribution in [0, 0.1) is 5.41 Å². The second kappa shape index (κ2) is 10.9. The van der Waals surface area contributed by atoms with Crippen LogP contribution in [0.4, 0.5) is 0 Å². The van der Waals surface area contributed by atoms with Crippen LogP contribution in [0.3, 0.4) is 0 Å². The summed E-state index contributed by atoms with van der Waals surface area (Å²) in [5.41, 5.74) is 8.34. The Labute approximate surface area is 247 Å². The number of fused-ring (bicyclic) bond motifs is 3. The topological polar surface area (TPSA) is 34.1 Å². The highest BCUT2D eigenvalue weighted by Crippen LogP contribution is 2.40. The fourth-order valence-electron chi connectivity index (χ4n) is 6.30. The van der Waals surface area contributed by atoms with Gasteiger partial charge >= 0.3 is 0 Å². The number of hydrogen-bond donors (Lipinski definition) is 0. The highest BCUT2D eigenvalue weighted by atomic mass is 16.1. The molecule has 4 aromatic carbocycles.